The summed E-state index contributed by atoms with van der Waals surface area (Å²) in [5, 5.41) is 8.92. The Hall–Kier alpha value is -1.35. The van der Waals surface area contributed by atoms with Crippen molar-refractivity contribution in [2.45, 2.75) is 52.6 Å². The Morgan fingerprint density at radius 1 is 1.32 bits per heavy atom. The van der Waals surface area contributed by atoms with Crippen LogP contribution in [0.3, 0.4) is 0 Å². The van der Waals surface area contributed by atoms with Gasteiger partial charge in [0.25, 0.3) is 0 Å². The van der Waals surface area contributed by atoms with E-state index in [4.69, 9.17) is 9.84 Å². The van der Waals surface area contributed by atoms with Crippen molar-refractivity contribution in [2.24, 2.45) is 0 Å². The fourth-order valence-corrected chi connectivity index (χ4v) is 1.98. The third kappa shape index (κ3) is 5.88. The number of allylic oxidation sites excluding steroid dienone is 4. The summed E-state index contributed by atoms with van der Waals surface area (Å²) in [7, 11) is 0. The van der Waals surface area contributed by atoms with Crippen molar-refractivity contribution >= 4 is 5.97 Å². The number of aliphatic hydroxyl groups excluding tert-OH is 1. The van der Waals surface area contributed by atoms with E-state index in [1.54, 1.807) is 6.08 Å². The third-order valence-corrected chi connectivity index (χ3v) is 3.09. The van der Waals surface area contributed by atoms with E-state index in [0.717, 1.165) is 19.3 Å². The van der Waals surface area contributed by atoms with Crippen molar-refractivity contribution in [2.75, 3.05) is 6.61 Å². The summed E-state index contributed by atoms with van der Waals surface area (Å²) >= 11 is 0. The van der Waals surface area contributed by atoms with E-state index in [9.17, 15) is 4.79 Å². The van der Waals surface area contributed by atoms with E-state index in [0.29, 0.717) is 12.0 Å². The second-order valence-electron chi connectivity index (χ2n) is 5.23. The molecule has 1 aliphatic heterocycles. The monoisotopic (exact) mass is 264 g/mol. The van der Waals surface area contributed by atoms with Gasteiger partial charge in [0.15, 0.2) is 0 Å². The molecule has 1 unspecified atom stereocenters. The lowest BCUT2D eigenvalue weighted by Crippen LogP contribution is -2.12. The van der Waals surface area contributed by atoms with Crippen molar-refractivity contribution in [1.82, 2.24) is 0 Å². The molecule has 0 spiro atoms. The van der Waals surface area contributed by atoms with E-state index in [1.165, 1.54) is 11.1 Å². The largest absolute Gasteiger partial charge is 0.452 e. The van der Waals surface area contributed by atoms with Crippen LogP contribution in [0.25, 0.3) is 0 Å². The smallest absolute Gasteiger partial charge is 0.334 e. The lowest BCUT2D eigenvalue weighted by Gasteiger charge is -2.01. The van der Waals surface area contributed by atoms with E-state index in [-0.39, 0.29) is 12.6 Å². The first-order chi connectivity index (χ1) is 9.02. The Balaban J connectivity index is 2.33. The van der Waals surface area contributed by atoms with Crippen molar-refractivity contribution in [1.29, 1.82) is 0 Å². The van der Waals surface area contributed by atoms with Gasteiger partial charge in [-0.1, -0.05) is 23.3 Å². The Labute approximate surface area is 115 Å². The topological polar surface area (TPSA) is 46.5 Å². The van der Waals surface area contributed by atoms with Gasteiger partial charge in [-0.3, -0.25) is 0 Å². The molecule has 0 amide bonds. The zero-order chi connectivity index (χ0) is 14.3. The molecule has 19 heavy (non-hydrogen) atoms. The lowest BCUT2D eigenvalue weighted by molar-refractivity contribution is -0.141. The van der Waals surface area contributed by atoms with Crippen LogP contribution in [0.5, 0.6) is 0 Å². The summed E-state index contributed by atoms with van der Waals surface area (Å²) < 4.78 is 4.96. The van der Waals surface area contributed by atoms with Gasteiger partial charge < -0.3 is 9.84 Å². The van der Waals surface area contributed by atoms with Crippen molar-refractivity contribution in [3.05, 3.63) is 34.9 Å². The fraction of sp³-hybridized carbons (Fsp3) is 0.562. The van der Waals surface area contributed by atoms with Gasteiger partial charge >= 0.3 is 5.97 Å². The maximum Gasteiger partial charge on any atom is 0.334 e. The molecule has 1 rings (SSSR count). The summed E-state index contributed by atoms with van der Waals surface area (Å²) in [4.78, 5) is 11.4. The number of esters is 1. The molecule has 0 aromatic carbocycles. The highest BCUT2D eigenvalue weighted by Crippen LogP contribution is 2.19. The first kappa shape index (κ1) is 15.7. The highest BCUT2D eigenvalue weighted by molar-refractivity contribution is 5.90. The Morgan fingerprint density at radius 2 is 2.05 bits per heavy atom. The van der Waals surface area contributed by atoms with Crippen LogP contribution in [-0.2, 0) is 9.53 Å². The third-order valence-electron chi connectivity index (χ3n) is 3.09. The normalized spacial score (nSPS) is 19.2. The first-order valence-corrected chi connectivity index (χ1v) is 6.84. The predicted octanol–water partition coefficient (Wildman–Crippen LogP) is 3.30. The number of cyclic esters (lactones) is 1. The molecule has 1 N–H and O–H groups in total. The molecule has 0 aliphatic carbocycles. The Kier molecular flexibility index (Phi) is 6.57. The zero-order valence-electron chi connectivity index (χ0n) is 12.1. The Morgan fingerprint density at radius 3 is 2.63 bits per heavy atom. The van der Waals surface area contributed by atoms with Crippen LogP contribution < -0.4 is 0 Å². The molecule has 0 fully saturated rings. The van der Waals surface area contributed by atoms with E-state index >= 15 is 0 Å². The van der Waals surface area contributed by atoms with Gasteiger partial charge in [0.2, 0.25) is 0 Å². The lowest BCUT2D eigenvalue weighted by atomic mass is 10.1. The first-order valence-electron chi connectivity index (χ1n) is 6.84. The number of ether oxygens (including phenoxy) is 1. The standard InChI is InChI=1S/C16H24O3/c1-12(2)6-4-7-13(3)8-5-9-14-10-15(11-17)19-16(14)18/h6,8,10,15,17H,4-5,7,9,11H2,1-3H3/b13-8+. The van der Waals surface area contributed by atoms with Gasteiger partial charge in [-0.25, -0.2) is 4.79 Å². The molecular weight excluding hydrogens is 240 g/mol. The summed E-state index contributed by atoms with van der Waals surface area (Å²) in [6.07, 6.45) is 9.38. The highest BCUT2D eigenvalue weighted by Gasteiger charge is 2.23. The minimum absolute atomic E-state index is 0.132. The molecule has 1 aliphatic rings. The van der Waals surface area contributed by atoms with Crippen LogP contribution in [-0.4, -0.2) is 23.8 Å². The van der Waals surface area contributed by atoms with Gasteiger partial charge in [-0.05, 0) is 52.5 Å². The molecule has 0 saturated carbocycles. The van der Waals surface area contributed by atoms with Gasteiger partial charge in [0, 0.05) is 5.57 Å². The number of carbonyl (C=O) groups excluding carboxylic acids is 1. The second kappa shape index (κ2) is 7.95. The number of carbonyl (C=O) groups is 1. The van der Waals surface area contributed by atoms with Crippen LogP contribution in [0.4, 0.5) is 0 Å². The maximum absolute atomic E-state index is 11.4. The number of rotatable bonds is 7. The van der Waals surface area contributed by atoms with Gasteiger partial charge in [-0.2, -0.15) is 0 Å². The zero-order valence-corrected chi connectivity index (χ0v) is 12.1. The second-order valence-corrected chi connectivity index (χ2v) is 5.23. The predicted molar refractivity (Wildman–Crippen MR) is 76.7 cm³/mol. The van der Waals surface area contributed by atoms with Crippen LogP contribution in [0.1, 0.15) is 46.5 Å². The van der Waals surface area contributed by atoms with E-state index < -0.39 is 6.10 Å². The van der Waals surface area contributed by atoms with Crippen LogP contribution in [0.15, 0.2) is 34.9 Å². The van der Waals surface area contributed by atoms with Crippen molar-refractivity contribution < 1.29 is 14.6 Å². The Bertz CT molecular complexity index is 398. The average molecular weight is 264 g/mol. The van der Waals surface area contributed by atoms with E-state index in [2.05, 4.69) is 32.9 Å². The number of hydrogen-bond donors (Lipinski definition) is 1. The van der Waals surface area contributed by atoms with E-state index in [1.807, 2.05) is 0 Å². The summed E-state index contributed by atoms with van der Waals surface area (Å²) in [6.45, 7) is 6.20. The van der Waals surface area contributed by atoms with Crippen molar-refractivity contribution in [3.8, 4) is 0 Å². The maximum atomic E-state index is 11.4. The van der Waals surface area contributed by atoms with Gasteiger partial charge in [0.05, 0.1) is 6.61 Å². The molecule has 3 heteroatoms. The number of hydrogen-bond acceptors (Lipinski definition) is 3. The van der Waals surface area contributed by atoms with Crippen LogP contribution in [0, 0.1) is 0 Å². The highest BCUT2D eigenvalue weighted by atomic mass is 16.6. The molecule has 0 aromatic heterocycles. The van der Waals surface area contributed by atoms with Crippen LogP contribution in [0.2, 0.25) is 0 Å². The summed E-state index contributed by atoms with van der Waals surface area (Å²) in [6, 6.07) is 0. The molecule has 0 aromatic rings. The SMILES string of the molecule is CC(C)=CCC/C(C)=C/CCC1=CC(CO)OC1=O. The molecule has 0 bridgehead atoms. The van der Waals surface area contributed by atoms with Crippen molar-refractivity contribution in [3.63, 3.8) is 0 Å². The van der Waals surface area contributed by atoms with Crippen LogP contribution >= 0.6 is 0 Å². The molecule has 3 nitrogen and oxygen atoms in total. The molecular formula is C16H24O3. The summed E-state index contributed by atoms with van der Waals surface area (Å²) in [5.41, 5.74) is 3.39. The summed E-state index contributed by atoms with van der Waals surface area (Å²) in [5.74, 6) is -0.283. The molecule has 1 atom stereocenters. The minimum atomic E-state index is -0.440. The molecule has 0 radical (unpaired) electrons. The molecule has 106 valence electrons. The minimum Gasteiger partial charge on any atom is -0.452 e. The average Bonchev–Trinajstić information content (AvgIpc) is 2.70. The molecule has 0 saturated heterocycles. The fourth-order valence-electron chi connectivity index (χ4n) is 1.98. The van der Waals surface area contributed by atoms with Gasteiger partial charge in [-0.15, -0.1) is 0 Å². The molecule has 1 heterocycles. The quantitative estimate of drug-likeness (QED) is 0.567. The number of aliphatic hydroxyl groups is 1. The van der Waals surface area contributed by atoms with Gasteiger partial charge in [0.1, 0.15) is 6.10 Å².